The minimum Gasteiger partial charge on any atom is -0.457 e. The third-order valence-electron chi connectivity index (χ3n) is 4.89. The van der Waals surface area contributed by atoms with Crippen LogP contribution in [0.15, 0.2) is 76.7 Å². The van der Waals surface area contributed by atoms with Crippen LogP contribution >= 0.6 is 12.2 Å². The number of nitrogens with zero attached hydrogens (tertiary/aromatic N) is 1. The fourth-order valence-electron chi connectivity index (χ4n) is 3.23. The van der Waals surface area contributed by atoms with Crippen LogP contribution in [-0.4, -0.2) is 16.9 Å². The zero-order valence-electron chi connectivity index (χ0n) is 16.6. The van der Waals surface area contributed by atoms with Gasteiger partial charge >= 0.3 is 0 Å². The molecule has 6 heteroatoms. The van der Waals surface area contributed by atoms with E-state index in [1.165, 1.54) is 11.0 Å². The van der Waals surface area contributed by atoms with Crippen LogP contribution in [0, 0.1) is 0 Å². The van der Waals surface area contributed by atoms with Gasteiger partial charge in [-0.3, -0.25) is 19.8 Å². The first-order valence-electron chi connectivity index (χ1n) is 9.60. The number of benzene rings is 2. The molecule has 1 aliphatic rings. The minimum atomic E-state index is -0.544. The highest BCUT2D eigenvalue weighted by atomic mass is 32.1. The van der Waals surface area contributed by atoms with Crippen LogP contribution < -0.4 is 10.2 Å². The summed E-state index contributed by atoms with van der Waals surface area (Å²) < 4.78 is 5.82. The lowest BCUT2D eigenvalue weighted by molar-refractivity contribution is -0.122. The molecular formula is C24H20N2O3S. The molecule has 2 aromatic carbocycles. The number of amides is 2. The first-order chi connectivity index (χ1) is 14.4. The van der Waals surface area contributed by atoms with Crippen molar-refractivity contribution in [2.45, 2.75) is 19.8 Å². The molecule has 0 unspecified atom stereocenters. The molecule has 3 aromatic rings. The van der Waals surface area contributed by atoms with Crippen LogP contribution in [0.3, 0.4) is 0 Å². The fraction of sp³-hybridized carbons (Fsp3) is 0.125. The summed E-state index contributed by atoms with van der Waals surface area (Å²) >= 11 is 5.26. The van der Waals surface area contributed by atoms with Crippen molar-refractivity contribution in [3.05, 3.63) is 83.6 Å². The quantitative estimate of drug-likeness (QED) is 0.373. The molecule has 0 radical (unpaired) electrons. The van der Waals surface area contributed by atoms with Crippen molar-refractivity contribution in [2.24, 2.45) is 0 Å². The van der Waals surface area contributed by atoms with E-state index >= 15 is 0 Å². The van der Waals surface area contributed by atoms with Gasteiger partial charge in [-0.05, 0) is 54.0 Å². The van der Waals surface area contributed by atoms with Gasteiger partial charge in [-0.1, -0.05) is 56.3 Å². The average Bonchev–Trinajstić information content (AvgIpc) is 3.21. The Morgan fingerprint density at radius 1 is 0.967 bits per heavy atom. The Hall–Kier alpha value is -3.51. The summed E-state index contributed by atoms with van der Waals surface area (Å²) in [4.78, 5) is 26.9. The zero-order valence-corrected chi connectivity index (χ0v) is 17.4. The maximum Gasteiger partial charge on any atom is 0.270 e. The summed E-state index contributed by atoms with van der Waals surface area (Å²) in [5.74, 6) is 0.408. The molecule has 1 fully saturated rings. The van der Waals surface area contributed by atoms with Crippen molar-refractivity contribution in [1.82, 2.24) is 5.32 Å². The number of carbonyl (C=O) groups excluding carboxylic acids is 2. The first kappa shape index (κ1) is 19.8. The summed E-state index contributed by atoms with van der Waals surface area (Å²) in [6.07, 6.45) is 1.45. The third-order valence-corrected chi connectivity index (χ3v) is 5.18. The number of thiocarbonyl (C=S) groups is 1. The van der Waals surface area contributed by atoms with Crippen molar-refractivity contribution < 1.29 is 14.0 Å². The molecule has 0 bridgehead atoms. The number of rotatable bonds is 4. The Kier molecular flexibility index (Phi) is 5.33. The van der Waals surface area contributed by atoms with E-state index in [-0.39, 0.29) is 10.7 Å². The smallest absolute Gasteiger partial charge is 0.270 e. The standard InChI is InChI=1S/C24H20N2O3S/c1-15(2)16-8-10-18(11-9-16)26-23(28)20(22(27)25-24(26)30)14-19-12-13-21(29-19)17-6-4-3-5-7-17/h3-15H,1-2H3,(H,25,27,30)/b20-14+. The fourth-order valence-corrected chi connectivity index (χ4v) is 3.51. The highest BCUT2D eigenvalue weighted by Gasteiger charge is 2.34. The molecule has 2 amide bonds. The van der Waals surface area contributed by atoms with Gasteiger partial charge in [0.1, 0.15) is 17.1 Å². The molecule has 5 nitrogen and oxygen atoms in total. The lowest BCUT2D eigenvalue weighted by atomic mass is 10.0. The first-order valence-corrected chi connectivity index (χ1v) is 10.0. The normalized spacial score (nSPS) is 15.8. The van der Waals surface area contributed by atoms with E-state index in [4.69, 9.17) is 16.6 Å². The minimum absolute atomic E-state index is 0.0366. The van der Waals surface area contributed by atoms with E-state index in [0.29, 0.717) is 23.1 Å². The second-order valence-corrected chi connectivity index (χ2v) is 7.66. The summed E-state index contributed by atoms with van der Waals surface area (Å²) in [6.45, 7) is 4.19. The van der Waals surface area contributed by atoms with Gasteiger partial charge in [0.05, 0.1) is 5.69 Å². The van der Waals surface area contributed by atoms with Crippen molar-refractivity contribution in [3.63, 3.8) is 0 Å². The molecule has 2 heterocycles. The molecule has 1 aromatic heterocycles. The van der Waals surface area contributed by atoms with Crippen molar-refractivity contribution >= 4 is 40.9 Å². The lowest BCUT2D eigenvalue weighted by Gasteiger charge is -2.29. The molecule has 0 atom stereocenters. The Morgan fingerprint density at radius 3 is 2.33 bits per heavy atom. The van der Waals surface area contributed by atoms with E-state index in [1.807, 2.05) is 54.6 Å². The van der Waals surface area contributed by atoms with Gasteiger partial charge in [-0.25, -0.2) is 0 Å². The van der Waals surface area contributed by atoms with Crippen LogP contribution in [0.25, 0.3) is 17.4 Å². The Bertz CT molecular complexity index is 1140. The van der Waals surface area contributed by atoms with Crippen molar-refractivity contribution in [1.29, 1.82) is 0 Å². The Labute approximate surface area is 180 Å². The molecule has 1 N–H and O–H groups in total. The van der Waals surface area contributed by atoms with Crippen LogP contribution in [0.2, 0.25) is 0 Å². The SMILES string of the molecule is CC(C)c1ccc(N2C(=O)/C(=C/c3ccc(-c4ccccc4)o3)C(=O)NC2=S)cc1. The number of hydrogen-bond donors (Lipinski definition) is 1. The zero-order chi connectivity index (χ0) is 21.3. The molecule has 4 rings (SSSR count). The summed E-state index contributed by atoms with van der Waals surface area (Å²) in [7, 11) is 0. The van der Waals surface area contributed by atoms with Crippen LogP contribution in [0.1, 0.15) is 31.1 Å². The maximum absolute atomic E-state index is 13.1. The molecule has 30 heavy (non-hydrogen) atoms. The second kappa shape index (κ2) is 8.08. The van der Waals surface area contributed by atoms with Crippen LogP contribution in [0.5, 0.6) is 0 Å². The van der Waals surface area contributed by atoms with Gasteiger partial charge in [0, 0.05) is 5.56 Å². The monoisotopic (exact) mass is 416 g/mol. The van der Waals surface area contributed by atoms with Gasteiger partial charge < -0.3 is 4.42 Å². The Morgan fingerprint density at radius 2 is 1.67 bits per heavy atom. The van der Waals surface area contributed by atoms with Gasteiger partial charge in [0.2, 0.25) is 0 Å². The lowest BCUT2D eigenvalue weighted by Crippen LogP contribution is -2.54. The van der Waals surface area contributed by atoms with E-state index in [9.17, 15) is 9.59 Å². The highest BCUT2D eigenvalue weighted by Crippen LogP contribution is 2.26. The number of anilines is 1. The average molecular weight is 417 g/mol. The predicted octanol–water partition coefficient (Wildman–Crippen LogP) is 4.90. The molecule has 0 saturated carbocycles. The number of hydrogen-bond acceptors (Lipinski definition) is 4. The van der Waals surface area contributed by atoms with E-state index < -0.39 is 11.8 Å². The second-order valence-electron chi connectivity index (χ2n) is 7.27. The van der Waals surface area contributed by atoms with Gasteiger partial charge in [0.25, 0.3) is 11.8 Å². The number of carbonyl (C=O) groups is 2. The topological polar surface area (TPSA) is 62.6 Å². The van der Waals surface area contributed by atoms with Crippen molar-refractivity contribution in [2.75, 3.05) is 4.90 Å². The number of furan rings is 1. The third kappa shape index (κ3) is 3.82. The Balaban J connectivity index is 1.65. The summed E-state index contributed by atoms with van der Waals surface area (Å²) in [6, 6.07) is 20.7. The number of nitrogens with one attached hydrogen (secondary N) is 1. The summed E-state index contributed by atoms with van der Waals surface area (Å²) in [5.41, 5.74) is 2.63. The van der Waals surface area contributed by atoms with Crippen LogP contribution in [-0.2, 0) is 9.59 Å². The molecular weight excluding hydrogens is 396 g/mol. The molecule has 1 saturated heterocycles. The van der Waals surface area contributed by atoms with E-state index in [1.54, 1.807) is 12.1 Å². The predicted molar refractivity (Wildman–Crippen MR) is 121 cm³/mol. The van der Waals surface area contributed by atoms with Crippen LogP contribution in [0.4, 0.5) is 5.69 Å². The molecule has 150 valence electrons. The molecule has 1 aliphatic heterocycles. The van der Waals surface area contributed by atoms with Crippen molar-refractivity contribution in [3.8, 4) is 11.3 Å². The molecule has 0 aliphatic carbocycles. The highest BCUT2D eigenvalue weighted by molar-refractivity contribution is 7.80. The molecule has 0 spiro atoms. The largest absolute Gasteiger partial charge is 0.457 e. The van der Waals surface area contributed by atoms with Gasteiger partial charge in [-0.15, -0.1) is 0 Å². The van der Waals surface area contributed by atoms with E-state index in [2.05, 4.69) is 19.2 Å². The van der Waals surface area contributed by atoms with Gasteiger partial charge in [-0.2, -0.15) is 0 Å². The maximum atomic E-state index is 13.1. The van der Waals surface area contributed by atoms with Gasteiger partial charge in [0.15, 0.2) is 5.11 Å². The van der Waals surface area contributed by atoms with E-state index in [0.717, 1.165) is 11.1 Å². The summed E-state index contributed by atoms with van der Waals surface area (Å²) in [5, 5.41) is 2.65.